The van der Waals surface area contributed by atoms with Gasteiger partial charge in [0, 0.05) is 18.0 Å². The molecule has 1 spiro atoms. The van der Waals surface area contributed by atoms with E-state index in [1.54, 1.807) is 11.3 Å². The molecule has 1 unspecified atom stereocenters. The Morgan fingerprint density at radius 2 is 2.24 bits per heavy atom. The fourth-order valence-electron chi connectivity index (χ4n) is 3.17. The van der Waals surface area contributed by atoms with E-state index >= 15 is 0 Å². The Balaban J connectivity index is 1.69. The molecule has 0 aromatic carbocycles. The van der Waals surface area contributed by atoms with Crippen molar-refractivity contribution in [1.29, 1.82) is 0 Å². The molecule has 1 N–H and O–H groups in total. The van der Waals surface area contributed by atoms with E-state index in [1.807, 2.05) is 0 Å². The summed E-state index contributed by atoms with van der Waals surface area (Å²) >= 11 is 1.73. The van der Waals surface area contributed by atoms with Crippen LogP contribution in [0, 0.1) is 0 Å². The second-order valence-corrected chi connectivity index (χ2v) is 7.06. The zero-order valence-electron chi connectivity index (χ0n) is 13.0. The predicted molar refractivity (Wildman–Crippen MR) is 86.3 cm³/mol. The van der Waals surface area contributed by atoms with E-state index in [4.69, 9.17) is 0 Å². The minimum Gasteiger partial charge on any atom is -0.319 e. The van der Waals surface area contributed by atoms with Crippen molar-refractivity contribution in [2.24, 2.45) is 0 Å². The fourth-order valence-corrected chi connectivity index (χ4v) is 3.96. The van der Waals surface area contributed by atoms with Crippen molar-refractivity contribution in [3.63, 3.8) is 0 Å². The number of hydrogen-bond donors (Lipinski definition) is 1. The summed E-state index contributed by atoms with van der Waals surface area (Å²) in [5.41, 5.74) is -0.226. The summed E-state index contributed by atoms with van der Waals surface area (Å²) in [4.78, 5) is 18.5. The topological polar surface area (TPSA) is 35.6 Å². The molecule has 5 heteroatoms. The highest BCUT2D eigenvalue weighted by Gasteiger charge is 2.59. The molecule has 116 valence electrons. The Hall–Kier alpha value is -0.910. The minimum absolute atomic E-state index is 0.0836. The predicted octanol–water partition coefficient (Wildman–Crippen LogP) is 2.44. The molecule has 2 fully saturated rings. The summed E-state index contributed by atoms with van der Waals surface area (Å²) in [5, 5.41) is 5.68. The lowest BCUT2D eigenvalue weighted by Gasteiger charge is -2.27. The van der Waals surface area contributed by atoms with Crippen LogP contribution in [0.2, 0.25) is 0 Å². The number of amides is 1. The van der Waals surface area contributed by atoms with E-state index < -0.39 is 0 Å². The maximum absolute atomic E-state index is 12.7. The van der Waals surface area contributed by atoms with E-state index in [2.05, 4.69) is 46.5 Å². The van der Waals surface area contributed by atoms with Crippen LogP contribution < -0.4 is 5.32 Å². The quantitative estimate of drug-likeness (QED) is 0.840. The molecule has 1 saturated heterocycles. The van der Waals surface area contributed by atoms with Crippen molar-refractivity contribution in [2.75, 3.05) is 26.2 Å². The van der Waals surface area contributed by atoms with E-state index in [0.29, 0.717) is 5.91 Å². The Bertz CT molecular complexity index is 484. The SMILES string of the molecule is CCCN(CC)CCN1C(=O)C2(CC2)NC1c1cccs1. The van der Waals surface area contributed by atoms with Gasteiger partial charge in [0.2, 0.25) is 5.91 Å². The first-order valence-corrected chi connectivity index (χ1v) is 8.92. The standard InChI is InChI=1S/C16H25N3OS/c1-3-9-18(4-2)10-11-19-14(13-6-5-12-21-13)17-16(7-8-16)15(19)20/h5-6,12,14,17H,3-4,7-11H2,1-2H3. The number of nitrogens with one attached hydrogen (secondary N) is 1. The number of thiophene rings is 1. The van der Waals surface area contributed by atoms with Gasteiger partial charge >= 0.3 is 0 Å². The fraction of sp³-hybridized carbons (Fsp3) is 0.688. The summed E-state index contributed by atoms with van der Waals surface area (Å²) in [5.74, 6) is 0.313. The van der Waals surface area contributed by atoms with Gasteiger partial charge in [0.1, 0.15) is 11.7 Å². The third-order valence-corrected chi connectivity index (χ3v) is 5.53. The van der Waals surface area contributed by atoms with E-state index in [1.165, 1.54) is 11.3 Å². The molecule has 1 amide bonds. The molecule has 21 heavy (non-hydrogen) atoms. The highest BCUT2D eigenvalue weighted by Crippen LogP contribution is 2.46. The van der Waals surface area contributed by atoms with Crippen LogP contribution in [0.5, 0.6) is 0 Å². The Morgan fingerprint density at radius 1 is 1.43 bits per heavy atom. The molecule has 2 aliphatic rings. The Labute approximate surface area is 131 Å². The third kappa shape index (κ3) is 2.87. The molecule has 3 rings (SSSR count). The number of rotatable bonds is 7. The lowest BCUT2D eigenvalue weighted by atomic mass is 10.3. The molecule has 1 aromatic rings. The number of likely N-dealkylation sites (N-methyl/N-ethyl adjacent to an activating group) is 1. The molecule has 1 aromatic heterocycles. The van der Waals surface area contributed by atoms with Gasteiger partial charge in [-0.05, 0) is 43.8 Å². The summed E-state index contributed by atoms with van der Waals surface area (Å²) in [6, 6.07) is 4.20. The number of carbonyl (C=O) groups excluding carboxylic acids is 1. The first kappa shape index (κ1) is 15.0. The number of hydrogen-bond acceptors (Lipinski definition) is 4. The first-order chi connectivity index (χ1) is 10.2. The van der Waals surface area contributed by atoms with E-state index in [0.717, 1.165) is 39.0 Å². The van der Waals surface area contributed by atoms with E-state index in [9.17, 15) is 4.79 Å². The minimum atomic E-state index is -0.226. The molecule has 0 radical (unpaired) electrons. The zero-order valence-corrected chi connectivity index (χ0v) is 13.8. The van der Waals surface area contributed by atoms with Crippen LogP contribution in [0.1, 0.15) is 44.2 Å². The maximum atomic E-state index is 12.7. The summed E-state index contributed by atoms with van der Waals surface area (Å²) in [7, 11) is 0. The van der Waals surface area contributed by atoms with Crippen molar-refractivity contribution in [2.45, 2.75) is 44.8 Å². The van der Waals surface area contributed by atoms with Gasteiger partial charge in [-0.25, -0.2) is 0 Å². The van der Waals surface area contributed by atoms with E-state index in [-0.39, 0.29) is 11.7 Å². The summed E-state index contributed by atoms with van der Waals surface area (Å²) in [6.07, 6.45) is 3.24. The monoisotopic (exact) mass is 307 g/mol. The van der Waals surface area contributed by atoms with Crippen LogP contribution >= 0.6 is 11.3 Å². The molecule has 1 aliphatic heterocycles. The van der Waals surface area contributed by atoms with Crippen molar-refractivity contribution < 1.29 is 4.79 Å². The lowest BCUT2D eigenvalue weighted by Crippen LogP contribution is -2.39. The van der Waals surface area contributed by atoms with Gasteiger partial charge in [0.05, 0.1) is 0 Å². The molecule has 4 nitrogen and oxygen atoms in total. The van der Waals surface area contributed by atoms with Crippen LogP contribution in [0.15, 0.2) is 17.5 Å². The molecular weight excluding hydrogens is 282 g/mol. The lowest BCUT2D eigenvalue weighted by molar-refractivity contribution is -0.131. The average molecular weight is 307 g/mol. The van der Waals surface area contributed by atoms with Gasteiger partial charge < -0.3 is 9.80 Å². The van der Waals surface area contributed by atoms with Crippen LogP contribution in [-0.2, 0) is 4.79 Å². The molecular formula is C16H25N3OS. The van der Waals surface area contributed by atoms with Crippen LogP contribution in [0.3, 0.4) is 0 Å². The maximum Gasteiger partial charge on any atom is 0.244 e. The number of carbonyl (C=O) groups is 1. The largest absolute Gasteiger partial charge is 0.319 e. The van der Waals surface area contributed by atoms with Gasteiger partial charge in [-0.3, -0.25) is 10.1 Å². The molecule has 1 aliphatic carbocycles. The normalized spacial score (nSPS) is 23.5. The Kier molecular flexibility index (Phi) is 4.33. The molecule has 1 saturated carbocycles. The van der Waals surface area contributed by atoms with Crippen molar-refractivity contribution in [1.82, 2.24) is 15.1 Å². The van der Waals surface area contributed by atoms with Gasteiger partial charge in [0.15, 0.2) is 0 Å². The average Bonchev–Trinajstić information content (AvgIpc) is 2.96. The van der Waals surface area contributed by atoms with Gasteiger partial charge in [0.25, 0.3) is 0 Å². The Morgan fingerprint density at radius 3 is 2.81 bits per heavy atom. The van der Waals surface area contributed by atoms with Crippen molar-refractivity contribution in [3.8, 4) is 0 Å². The van der Waals surface area contributed by atoms with Crippen LogP contribution in [0.4, 0.5) is 0 Å². The second-order valence-electron chi connectivity index (χ2n) is 6.08. The van der Waals surface area contributed by atoms with Crippen LogP contribution in [-0.4, -0.2) is 47.4 Å². The smallest absolute Gasteiger partial charge is 0.244 e. The van der Waals surface area contributed by atoms with Crippen molar-refractivity contribution in [3.05, 3.63) is 22.4 Å². The molecule has 2 heterocycles. The van der Waals surface area contributed by atoms with Crippen LogP contribution in [0.25, 0.3) is 0 Å². The summed E-state index contributed by atoms with van der Waals surface area (Å²) in [6.45, 7) is 8.36. The van der Waals surface area contributed by atoms with Crippen molar-refractivity contribution >= 4 is 17.2 Å². The summed E-state index contributed by atoms with van der Waals surface area (Å²) < 4.78 is 0. The zero-order chi connectivity index (χ0) is 14.9. The van der Waals surface area contributed by atoms with Gasteiger partial charge in [-0.1, -0.05) is 19.9 Å². The highest BCUT2D eigenvalue weighted by molar-refractivity contribution is 7.10. The highest BCUT2D eigenvalue weighted by atomic mass is 32.1. The molecule has 1 atom stereocenters. The van der Waals surface area contributed by atoms with Gasteiger partial charge in [-0.15, -0.1) is 11.3 Å². The van der Waals surface area contributed by atoms with Gasteiger partial charge in [-0.2, -0.15) is 0 Å². The first-order valence-electron chi connectivity index (χ1n) is 8.04. The second kappa shape index (κ2) is 6.07. The number of nitrogens with zero attached hydrogens (tertiary/aromatic N) is 2. The third-order valence-electron chi connectivity index (χ3n) is 4.60. The molecule has 0 bridgehead atoms.